The number of carbonyl (C=O) groups is 2. The zero-order chi connectivity index (χ0) is 29.5. The van der Waals surface area contributed by atoms with Crippen molar-refractivity contribution in [2.75, 3.05) is 11.9 Å². The number of nitro benzene ring substituents is 1. The highest BCUT2D eigenvalue weighted by Gasteiger charge is 2.35. The molecule has 0 radical (unpaired) electrons. The van der Waals surface area contributed by atoms with Gasteiger partial charge in [-0.15, -0.1) is 0 Å². The Bertz CT molecular complexity index is 1870. The molecule has 0 atom stereocenters. The van der Waals surface area contributed by atoms with E-state index in [2.05, 4.69) is 5.32 Å². The number of anilines is 1. The maximum atomic E-state index is 15.4. The lowest BCUT2D eigenvalue weighted by Gasteiger charge is -2.23. The Hall–Kier alpha value is -5.38. The molecule has 210 valence electrons. The summed E-state index contributed by atoms with van der Waals surface area (Å²) >= 11 is 0. The molecule has 1 saturated carbocycles. The monoisotopic (exact) mass is 567 g/mol. The van der Waals surface area contributed by atoms with Gasteiger partial charge in [0, 0.05) is 40.9 Å². The molecule has 0 unspecified atom stereocenters. The molecular weight excluding hydrogens is 544 g/mol. The van der Waals surface area contributed by atoms with Gasteiger partial charge in [0.2, 0.25) is 0 Å². The summed E-state index contributed by atoms with van der Waals surface area (Å²) in [5.74, 6) is -2.12. The van der Waals surface area contributed by atoms with Gasteiger partial charge in [0.1, 0.15) is 23.0 Å². The zero-order valence-corrected chi connectivity index (χ0v) is 22.3. The molecule has 0 spiro atoms. The second-order valence-corrected chi connectivity index (χ2v) is 9.95. The first-order valence-electron chi connectivity index (χ1n) is 13.2. The number of carbonyl (C=O) groups excluding carboxylic acids is 2. The molecule has 8 nitrogen and oxygen atoms in total. The number of benzene rings is 4. The number of halogens is 2. The first kappa shape index (κ1) is 26.8. The van der Waals surface area contributed by atoms with E-state index in [0.29, 0.717) is 11.3 Å². The molecule has 1 aliphatic rings. The Morgan fingerprint density at radius 3 is 2.31 bits per heavy atom. The van der Waals surface area contributed by atoms with Crippen LogP contribution in [0.2, 0.25) is 0 Å². The second-order valence-electron chi connectivity index (χ2n) is 9.95. The molecule has 1 aliphatic carbocycles. The molecule has 4 aromatic carbocycles. The van der Waals surface area contributed by atoms with Gasteiger partial charge in [0.25, 0.3) is 17.5 Å². The van der Waals surface area contributed by atoms with E-state index in [1.807, 2.05) is 30.3 Å². The van der Waals surface area contributed by atoms with Gasteiger partial charge in [-0.05, 0) is 73.5 Å². The summed E-state index contributed by atoms with van der Waals surface area (Å²) in [4.78, 5) is 39.9. The van der Waals surface area contributed by atoms with Crippen molar-refractivity contribution in [3.8, 4) is 22.5 Å². The number of furan rings is 1. The third kappa shape index (κ3) is 4.77. The molecule has 1 heterocycles. The van der Waals surface area contributed by atoms with Crippen LogP contribution in [0.1, 0.15) is 33.6 Å². The van der Waals surface area contributed by atoms with E-state index < -0.39 is 28.2 Å². The Morgan fingerprint density at radius 1 is 0.952 bits per heavy atom. The summed E-state index contributed by atoms with van der Waals surface area (Å²) in [5, 5.41) is 14.9. The largest absolute Gasteiger partial charge is 0.455 e. The smallest absolute Gasteiger partial charge is 0.281 e. The number of fused-ring (bicyclic) bond motifs is 1. The lowest BCUT2D eigenvalue weighted by molar-refractivity contribution is -0.384. The van der Waals surface area contributed by atoms with Gasteiger partial charge in [-0.2, -0.15) is 0 Å². The van der Waals surface area contributed by atoms with E-state index in [9.17, 15) is 24.1 Å². The van der Waals surface area contributed by atoms with Gasteiger partial charge in [-0.3, -0.25) is 19.7 Å². The van der Waals surface area contributed by atoms with Crippen molar-refractivity contribution in [2.45, 2.75) is 18.9 Å². The Morgan fingerprint density at radius 2 is 1.67 bits per heavy atom. The van der Waals surface area contributed by atoms with Gasteiger partial charge in [-0.1, -0.05) is 18.2 Å². The van der Waals surface area contributed by atoms with Crippen molar-refractivity contribution < 1.29 is 27.7 Å². The van der Waals surface area contributed by atoms with E-state index in [1.165, 1.54) is 49.5 Å². The highest BCUT2D eigenvalue weighted by atomic mass is 19.1. The van der Waals surface area contributed by atoms with Crippen molar-refractivity contribution in [1.82, 2.24) is 5.32 Å². The zero-order valence-electron chi connectivity index (χ0n) is 22.3. The highest BCUT2D eigenvalue weighted by Crippen LogP contribution is 2.42. The molecule has 5 aromatic rings. The van der Waals surface area contributed by atoms with Crippen LogP contribution in [0.3, 0.4) is 0 Å². The van der Waals surface area contributed by atoms with E-state index in [1.54, 1.807) is 4.90 Å². The first-order valence-corrected chi connectivity index (χ1v) is 13.2. The molecule has 0 aliphatic heterocycles. The molecule has 0 saturated heterocycles. The van der Waals surface area contributed by atoms with Crippen molar-refractivity contribution in [2.24, 2.45) is 0 Å². The van der Waals surface area contributed by atoms with E-state index in [0.717, 1.165) is 25.0 Å². The van der Waals surface area contributed by atoms with Crippen molar-refractivity contribution in [3.63, 3.8) is 0 Å². The lowest BCUT2D eigenvalue weighted by Crippen LogP contribution is -2.33. The van der Waals surface area contributed by atoms with Crippen LogP contribution in [0, 0.1) is 21.7 Å². The third-order valence-electron chi connectivity index (χ3n) is 7.23. The van der Waals surface area contributed by atoms with Crippen LogP contribution in [-0.4, -0.2) is 29.8 Å². The summed E-state index contributed by atoms with van der Waals surface area (Å²) in [6.07, 6.45) is 1.66. The molecule has 2 amide bonds. The number of hydrogen-bond acceptors (Lipinski definition) is 5. The maximum Gasteiger partial charge on any atom is 0.281 e. The number of nitro groups is 1. The van der Waals surface area contributed by atoms with E-state index >= 15 is 4.39 Å². The Kier molecular flexibility index (Phi) is 6.74. The first-order chi connectivity index (χ1) is 20.3. The molecule has 0 bridgehead atoms. The van der Waals surface area contributed by atoms with Gasteiger partial charge >= 0.3 is 0 Å². The minimum Gasteiger partial charge on any atom is -0.455 e. The number of para-hydroxylation sites is 1. The van der Waals surface area contributed by atoms with Crippen LogP contribution in [0.5, 0.6) is 0 Å². The van der Waals surface area contributed by atoms with Crippen LogP contribution in [0.4, 0.5) is 20.2 Å². The fraction of sp³-hybridized carbons (Fsp3) is 0.125. The standard InChI is InChI=1S/C32H23F2N3O5/c1-35-31(38)29-25-16-24(27(37(40)41)17-28(25)42-30(29)18-7-10-20(33)11-8-18)23-15-19(9-14-26(23)34)32(39)36(22-12-13-22)21-5-3-2-4-6-21/h2-11,14-17,22H,12-13H2,1H3,(H,35,38). The Labute approximate surface area is 238 Å². The normalized spacial score (nSPS) is 12.7. The topological polar surface area (TPSA) is 106 Å². The van der Waals surface area contributed by atoms with Crippen molar-refractivity contribution >= 4 is 34.2 Å². The molecule has 1 fully saturated rings. The van der Waals surface area contributed by atoms with E-state index in [-0.39, 0.29) is 50.9 Å². The summed E-state index contributed by atoms with van der Waals surface area (Å²) in [5.41, 5.74) is 0.505. The average molecular weight is 568 g/mol. The van der Waals surface area contributed by atoms with Crippen molar-refractivity contribution in [1.29, 1.82) is 0 Å². The second kappa shape index (κ2) is 10.5. The maximum absolute atomic E-state index is 15.4. The fourth-order valence-corrected chi connectivity index (χ4v) is 5.07. The minimum atomic E-state index is -0.782. The van der Waals surface area contributed by atoms with Crippen LogP contribution < -0.4 is 10.2 Å². The van der Waals surface area contributed by atoms with Crippen LogP contribution >= 0.6 is 0 Å². The summed E-state index contributed by atoms with van der Waals surface area (Å²) in [6, 6.07) is 20.5. The third-order valence-corrected chi connectivity index (χ3v) is 7.23. The fourth-order valence-electron chi connectivity index (χ4n) is 5.07. The number of amides is 2. The number of rotatable bonds is 7. The van der Waals surface area contributed by atoms with Gasteiger partial charge in [0.05, 0.1) is 22.1 Å². The van der Waals surface area contributed by atoms with Crippen LogP contribution in [0.15, 0.2) is 89.3 Å². The predicted molar refractivity (Wildman–Crippen MR) is 153 cm³/mol. The quantitative estimate of drug-likeness (QED) is 0.167. The lowest BCUT2D eigenvalue weighted by atomic mass is 9.96. The van der Waals surface area contributed by atoms with Gasteiger partial charge in [-0.25, -0.2) is 8.78 Å². The predicted octanol–water partition coefficient (Wildman–Crippen LogP) is 7.12. The summed E-state index contributed by atoms with van der Waals surface area (Å²) < 4.78 is 34.9. The number of nitrogens with one attached hydrogen (secondary N) is 1. The summed E-state index contributed by atoms with van der Waals surface area (Å²) in [7, 11) is 1.41. The van der Waals surface area contributed by atoms with Gasteiger partial charge < -0.3 is 14.6 Å². The molecular formula is C32H23F2N3O5. The average Bonchev–Trinajstić information content (AvgIpc) is 3.76. The molecule has 6 rings (SSSR count). The molecule has 1 N–H and O–H groups in total. The summed E-state index contributed by atoms with van der Waals surface area (Å²) in [6.45, 7) is 0. The SMILES string of the molecule is CNC(=O)c1c(-c2ccc(F)cc2)oc2cc([N+](=O)[O-])c(-c3cc(C(=O)N(c4ccccc4)C4CC4)ccc3F)cc12. The number of hydrogen-bond donors (Lipinski definition) is 1. The highest BCUT2D eigenvalue weighted by molar-refractivity contribution is 6.13. The van der Waals surface area contributed by atoms with E-state index in [4.69, 9.17) is 4.42 Å². The molecule has 42 heavy (non-hydrogen) atoms. The Balaban J connectivity index is 1.53. The van der Waals surface area contributed by atoms with Crippen molar-refractivity contribution in [3.05, 3.63) is 118 Å². The molecule has 10 heteroatoms. The minimum absolute atomic E-state index is 0.00465. The van der Waals surface area contributed by atoms with Crippen LogP contribution in [-0.2, 0) is 0 Å². The molecule has 1 aromatic heterocycles. The number of nitrogens with zero attached hydrogens (tertiary/aromatic N) is 2. The van der Waals surface area contributed by atoms with Gasteiger partial charge in [0.15, 0.2) is 0 Å². The van der Waals surface area contributed by atoms with Crippen LogP contribution in [0.25, 0.3) is 33.4 Å².